The first-order valence-electron chi connectivity index (χ1n) is 7.14. The largest absolute Gasteiger partial charge is 0.292 e. The van der Waals surface area contributed by atoms with E-state index in [1.54, 1.807) is 31.2 Å². The van der Waals surface area contributed by atoms with E-state index in [1.165, 1.54) is 0 Å². The minimum absolute atomic E-state index is 0.121. The van der Waals surface area contributed by atoms with Crippen molar-refractivity contribution in [2.75, 3.05) is 0 Å². The molecule has 0 fully saturated rings. The number of H-pyrrole nitrogens is 1. The molecule has 1 aromatic heterocycles. The average Bonchev–Trinajstić information content (AvgIpc) is 2.60. The summed E-state index contributed by atoms with van der Waals surface area (Å²) >= 11 is 3.40. The number of fused-ring (bicyclic) bond motifs is 1. The Bertz CT molecular complexity index is 1010. The number of nitrogens with one attached hydrogen (secondary N) is 2. The third kappa shape index (κ3) is 3.26. The van der Waals surface area contributed by atoms with Crippen molar-refractivity contribution in [2.45, 2.75) is 6.92 Å². The molecule has 120 valence electrons. The van der Waals surface area contributed by atoms with Crippen molar-refractivity contribution in [1.29, 1.82) is 0 Å². The molecule has 0 spiro atoms. The van der Waals surface area contributed by atoms with Crippen LogP contribution in [0.3, 0.4) is 0 Å². The van der Waals surface area contributed by atoms with Crippen LogP contribution in [0.2, 0.25) is 0 Å². The highest BCUT2D eigenvalue weighted by atomic mass is 79.9. The number of benzene rings is 2. The summed E-state index contributed by atoms with van der Waals surface area (Å²) in [6.07, 6.45) is 0. The van der Waals surface area contributed by atoms with Gasteiger partial charge < -0.3 is 0 Å². The summed E-state index contributed by atoms with van der Waals surface area (Å²) in [4.78, 5) is 24.1. The molecule has 1 heterocycles. The van der Waals surface area contributed by atoms with Gasteiger partial charge in [-0.3, -0.25) is 9.59 Å². The number of aromatic nitrogens is 2. The number of amides is 1. The second-order valence-electron chi connectivity index (χ2n) is 5.10. The highest BCUT2D eigenvalue weighted by Gasteiger charge is 2.13. The van der Waals surface area contributed by atoms with Crippen LogP contribution in [0.5, 0.6) is 0 Å². The fraction of sp³-hybridized carbons (Fsp3) is 0.0588. The number of aromatic amines is 1. The monoisotopic (exact) mass is 384 g/mol. The Balaban J connectivity index is 1.90. The molecule has 0 unspecified atom stereocenters. The van der Waals surface area contributed by atoms with Gasteiger partial charge in [-0.05, 0) is 30.7 Å². The number of carbonyl (C=O) groups excluding carboxylic acids is 1. The minimum atomic E-state index is -0.489. The predicted octanol–water partition coefficient (Wildman–Crippen LogP) is 2.84. The van der Waals surface area contributed by atoms with Crippen LogP contribution < -0.4 is 11.0 Å². The van der Waals surface area contributed by atoms with E-state index in [-0.39, 0.29) is 11.3 Å². The second kappa shape index (κ2) is 6.76. The van der Waals surface area contributed by atoms with Crippen LogP contribution >= 0.6 is 15.9 Å². The summed E-state index contributed by atoms with van der Waals surface area (Å²) < 4.78 is 0.925. The van der Waals surface area contributed by atoms with Crippen LogP contribution in [0, 0.1) is 0 Å². The highest BCUT2D eigenvalue weighted by molar-refractivity contribution is 9.10. The number of halogens is 1. The quantitative estimate of drug-likeness (QED) is 0.537. The molecule has 0 saturated carbocycles. The molecule has 1 amide bonds. The maximum Gasteiger partial charge on any atom is 0.292 e. The summed E-state index contributed by atoms with van der Waals surface area (Å²) in [6, 6.07) is 14.4. The van der Waals surface area contributed by atoms with Gasteiger partial charge >= 0.3 is 0 Å². The molecular weight excluding hydrogens is 372 g/mol. The van der Waals surface area contributed by atoms with E-state index < -0.39 is 5.91 Å². The molecule has 0 bridgehead atoms. The number of hydrogen-bond acceptors (Lipinski definition) is 4. The van der Waals surface area contributed by atoms with Gasteiger partial charge in [-0.15, -0.1) is 0 Å². The molecule has 0 radical (unpaired) electrons. The van der Waals surface area contributed by atoms with Crippen molar-refractivity contribution in [3.8, 4) is 0 Å². The van der Waals surface area contributed by atoms with Gasteiger partial charge in [0.2, 0.25) is 0 Å². The molecule has 3 aromatic rings. The Morgan fingerprint density at radius 2 is 1.92 bits per heavy atom. The predicted molar refractivity (Wildman–Crippen MR) is 96.2 cm³/mol. The first kappa shape index (κ1) is 16.1. The van der Waals surface area contributed by atoms with Gasteiger partial charge in [0, 0.05) is 9.86 Å². The van der Waals surface area contributed by atoms with E-state index in [0.29, 0.717) is 16.5 Å². The summed E-state index contributed by atoms with van der Waals surface area (Å²) in [7, 11) is 0. The lowest BCUT2D eigenvalue weighted by molar-refractivity contribution is 0.0950. The third-order valence-corrected chi connectivity index (χ3v) is 3.97. The molecule has 24 heavy (non-hydrogen) atoms. The van der Waals surface area contributed by atoms with Gasteiger partial charge in [0.1, 0.15) is 0 Å². The summed E-state index contributed by atoms with van der Waals surface area (Å²) in [5.74, 6) is -0.489. The SMILES string of the molecule is C/C(=N/NC(=O)c1n[nH]c(=O)c2ccccc12)c1cccc(Br)c1. The van der Waals surface area contributed by atoms with E-state index in [9.17, 15) is 9.59 Å². The van der Waals surface area contributed by atoms with Crippen molar-refractivity contribution in [3.05, 3.63) is 74.6 Å². The van der Waals surface area contributed by atoms with Crippen molar-refractivity contribution in [3.63, 3.8) is 0 Å². The molecular formula is C17H13BrN4O2. The second-order valence-corrected chi connectivity index (χ2v) is 6.01. The standard InChI is InChI=1S/C17H13BrN4O2/c1-10(11-5-4-6-12(18)9-11)19-22-17(24)15-13-7-2-3-8-14(13)16(23)21-20-15/h2-9H,1H3,(H,21,23)(H,22,24)/b19-10-. The Labute approximate surface area is 145 Å². The number of carbonyl (C=O) groups is 1. The van der Waals surface area contributed by atoms with Gasteiger partial charge in [-0.25, -0.2) is 10.5 Å². The maximum absolute atomic E-state index is 12.4. The number of rotatable bonds is 3. The average molecular weight is 385 g/mol. The lowest BCUT2D eigenvalue weighted by atomic mass is 10.1. The Morgan fingerprint density at radius 1 is 1.17 bits per heavy atom. The normalized spacial score (nSPS) is 11.5. The van der Waals surface area contributed by atoms with E-state index >= 15 is 0 Å². The number of hydrazone groups is 1. The zero-order valence-electron chi connectivity index (χ0n) is 12.7. The van der Waals surface area contributed by atoms with Crippen LogP contribution in [0.25, 0.3) is 10.8 Å². The van der Waals surface area contributed by atoms with E-state index in [1.807, 2.05) is 24.3 Å². The Hall–Kier alpha value is -2.80. The van der Waals surface area contributed by atoms with Crippen molar-refractivity contribution in [2.24, 2.45) is 5.10 Å². The molecule has 0 aliphatic carbocycles. The number of nitrogens with zero attached hydrogens (tertiary/aromatic N) is 2. The van der Waals surface area contributed by atoms with Crippen LogP contribution in [0.1, 0.15) is 23.0 Å². The Kier molecular flexibility index (Phi) is 4.52. The molecule has 0 atom stereocenters. The first-order valence-corrected chi connectivity index (χ1v) is 7.93. The molecule has 2 N–H and O–H groups in total. The molecule has 0 saturated heterocycles. The Morgan fingerprint density at radius 3 is 2.67 bits per heavy atom. The topological polar surface area (TPSA) is 87.2 Å². The van der Waals surface area contributed by atoms with Gasteiger partial charge in [0.05, 0.1) is 11.1 Å². The van der Waals surface area contributed by atoms with Gasteiger partial charge in [0.15, 0.2) is 5.69 Å². The maximum atomic E-state index is 12.4. The van der Waals surface area contributed by atoms with E-state index in [4.69, 9.17) is 0 Å². The summed E-state index contributed by atoms with van der Waals surface area (Å²) in [5, 5.41) is 11.2. The highest BCUT2D eigenvalue weighted by Crippen LogP contribution is 2.13. The van der Waals surface area contributed by atoms with Crippen molar-refractivity contribution < 1.29 is 4.79 Å². The zero-order valence-corrected chi connectivity index (χ0v) is 14.3. The van der Waals surface area contributed by atoms with Crippen molar-refractivity contribution in [1.82, 2.24) is 15.6 Å². The molecule has 3 rings (SSSR count). The molecule has 0 aliphatic heterocycles. The van der Waals surface area contributed by atoms with Crippen LogP contribution in [-0.2, 0) is 0 Å². The van der Waals surface area contributed by atoms with Gasteiger partial charge in [-0.1, -0.05) is 46.3 Å². The summed E-state index contributed by atoms with van der Waals surface area (Å²) in [5.41, 5.74) is 3.79. The van der Waals surface area contributed by atoms with Crippen molar-refractivity contribution >= 4 is 38.3 Å². The van der Waals surface area contributed by atoms with Crippen LogP contribution in [-0.4, -0.2) is 21.8 Å². The molecule has 6 nitrogen and oxygen atoms in total. The van der Waals surface area contributed by atoms with E-state index in [2.05, 4.69) is 36.7 Å². The fourth-order valence-electron chi connectivity index (χ4n) is 2.25. The lowest BCUT2D eigenvalue weighted by Crippen LogP contribution is -2.23. The smallest absolute Gasteiger partial charge is 0.267 e. The first-order chi connectivity index (χ1) is 11.6. The van der Waals surface area contributed by atoms with Gasteiger partial charge in [-0.2, -0.15) is 10.2 Å². The van der Waals surface area contributed by atoms with Gasteiger partial charge in [0.25, 0.3) is 11.5 Å². The zero-order chi connectivity index (χ0) is 17.1. The fourth-order valence-corrected chi connectivity index (χ4v) is 2.65. The summed E-state index contributed by atoms with van der Waals surface area (Å²) in [6.45, 7) is 1.79. The van der Waals surface area contributed by atoms with E-state index in [0.717, 1.165) is 10.0 Å². The molecule has 7 heteroatoms. The molecule has 0 aliphatic rings. The third-order valence-electron chi connectivity index (χ3n) is 3.48. The van der Waals surface area contributed by atoms with Crippen LogP contribution in [0.4, 0.5) is 0 Å². The lowest BCUT2D eigenvalue weighted by Gasteiger charge is -2.05. The molecule has 2 aromatic carbocycles. The number of hydrogen-bond donors (Lipinski definition) is 2. The van der Waals surface area contributed by atoms with Crippen LogP contribution in [0.15, 0.2) is 62.9 Å². The minimum Gasteiger partial charge on any atom is -0.267 e.